The highest BCUT2D eigenvalue weighted by atomic mass is 19.1. The lowest BCUT2D eigenvalue weighted by Gasteiger charge is -2.09. The first kappa shape index (κ1) is 11.5. The largest absolute Gasteiger partial charge is 0.465 e. The van der Waals surface area contributed by atoms with Crippen LogP contribution in [0.15, 0.2) is 18.2 Å². The van der Waals surface area contributed by atoms with E-state index in [1.54, 1.807) is 26.0 Å². The van der Waals surface area contributed by atoms with Crippen LogP contribution < -0.4 is 5.32 Å². The number of carbonyl (C=O) groups is 1. The fourth-order valence-corrected chi connectivity index (χ4v) is 1.18. The van der Waals surface area contributed by atoms with Gasteiger partial charge in [0.1, 0.15) is 12.4 Å². The SMILES string of the molecule is CCOC(=O)CNc1cccc(F)c1C. The van der Waals surface area contributed by atoms with Crippen LogP contribution in [0, 0.1) is 12.7 Å². The summed E-state index contributed by atoms with van der Waals surface area (Å²) in [7, 11) is 0. The van der Waals surface area contributed by atoms with E-state index >= 15 is 0 Å². The zero-order valence-electron chi connectivity index (χ0n) is 8.84. The summed E-state index contributed by atoms with van der Waals surface area (Å²) < 4.78 is 17.8. The molecule has 0 saturated heterocycles. The van der Waals surface area contributed by atoms with E-state index in [4.69, 9.17) is 4.74 Å². The second-order valence-electron chi connectivity index (χ2n) is 3.07. The molecule has 0 heterocycles. The Hall–Kier alpha value is -1.58. The molecule has 0 aliphatic heterocycles. The lowest BCUT2D eigenvalue weighted by atomic mass is 10.2. The lowest BCUT2D eigenvalue weighted by Crippen LogP contribution is -2.17. The molecule has 1 aromatic rings. The van der Waals surface area contributed by atoms with Crippen molar-refractivity contribution in [3.63, 3.8) is 0 Å². The van der Waals surface area contributed by atoms with Crippen LogP contribution in [0.1, 0.15) is 12.5 Å². The van der Waals surface area contributed by atoms with E-state index in [2.05, 4.69) is 5.32 Å². The van der Waals surface area contributed by atoms with Crippen LogP contribution in [0.4, 0.5) is 10.1 Å². The average molecular weight is 211 g/mol. The van der Waals surface area contributed by atoms with Crippen LogP contribution in [0.25, 0.3) is 0 Å². The predicted molar refractivity (Wildman–Crippen MR) is 56.3 cm³/mol. The Bertz CT molecular complexity index is 352. The van der Waals surface area contributed by atoms with Crippen LogP contribution in [-0.4, -0.2) is 19.1 Å². The van der Waals surface area contributed by atoms with E-state index in [0.29, 0.717) is 17.9 Å². The fourth-order valence-electron chi connectivity index (χ4n) is 1.18. The van der Waals surface area contributed by atoms with Gasteiger partial charge in [0.25, 0.3) is 0 Å². The van der Waals surface area contributed by atoms with Crippen molar-refractivity contribution in [2.75, 3.05) is 18.5 Å². The second kappa shape index (κ2) is 5.34. The molecule has 82 valence electrons. The van der Waals surface area contributed by atoms with Crippen molar-refractivity contribution in [2.24, 2.45) is 0 Å². The van der Waals surface area contributed by atoms with Gasteiger partial charge in [0, 0.05) is 11.3 Å². The minimum atomic E-state index is -0.346. The monoisotopic (exact) mass is 211 g/mol. The first-order valence-electron chi connectivity index (χ1n) is 4.79. The molecule has 4 heteroatoms. The van der Waals surface area contributed by atoms with E-state index in [1.165, 1.54) is 6.07 Å². The molecule has 0 amide bonds. The summed E-state index contributed by atoms with van der Waals surface area (Å²) in [5.41, 5.74) is 1.12. The maximum Gasteiger partial charge on any atom is 0.325 e. The van der Waals surface area contributed by atoms with Crippen molar-refractivity contribution in [2.45, 2.75) is 13.8 Å². The Balaban J connectivity index is 2.58. The van der Waals surface area contributed by atoms with Crippen molar-refractivity contribution < 1.29 is 13.9 Å². The number of rotatable bonds is 4. The molecule has 0 aromatic heterocycles. The Morgan fingerprint density at radius 3 is 2.93 bits per heavy atom. The molecule has 1 N–H and O–H groups in total. The van der Waals surface area contributed by atoms with E-state index < -0.39 is 0 Å². The maximum absolute atomic E-state index is 13.1. The first-order chi connectivity index (χ1) is 7.15. The Labute approximate surface area is 88.2 Å². The van der Waals surface area contributed by atoms with Gasteiger partial charge in [0.05, 0.1) is 6.61 Å². The van der Waals surface area contributed by atoms with Crippen LogP contribution in [0.5, 0.6) is 0 Å². The summed E-state index contributed by atoms with van der Waals surface area (Å²) in [4.78, 5) is 11.0. The number of anilines is 1. The zero-order chi connectivity index (χ0) is 11.3. The molecule has 0 aliphatic carbocycles. The summed E-state index contributed by atoms with van der Waals surface area (Å²) in [6.07, 6.45) is 0. The quantitative estimate of drug-likeness (QED) is 0.775. The van der Waals surface area contributed by atoms with Crippen molar-refractivity contribution in [3.05, 3.63) is 29.6 Å². The highest BCUT2D eigenvalue weighted by Crippen LogP contribution is 2.16. The molecular formula is C11H14FNO2. The number of nitrogens with one attached hydrogen (secondary N) is 1. The topological polar surface area (TPSA) is 38.3 Å². The minimum absolute atomic E-state index is 0.0537. The van der Waals surface area contributed by atoms with Crippen molar-refractivity contribution in [3.8, 4) is 0 Å². The second-order valence-corrected chi connectivity index (χ2v) is 3.07. The van der Waals surface area contributed by atoms with Crippen LogP contribution in [-0.2, 0) is 9.53 Å². The molecule has 15 heavy (non-hydrogen) atoms. The number of benzene rings is 1. The van der Waals surface area contributed by atoms with Gasteiger partial charge in [-0.05, 0) is 26.0 Å². The molecule has 0 unspecified atom stereocenters. The number of esters is 1. The molecule has 1 aromatic carbocycles. The highest BCUT2D eigenvalue weighted by molar-refractivity contribution is 5.75. The van der Waals surface area contributed by atoms with Gasteiger partial charge in [-0.3, -0.25) is 4.79 Å². The van der Waals surface area contributed by atoms with Gasteiger partial charge in [-0.25, -0.2) is 4.39 Å². The normalized spacial score (nSPS) is 9.80. The van der Waals surface area contributed by atoms with Gasteiger partial charge in [0.2, 0.25) is 0 Å². The van der Waals surface area contributed by atoms with Crippen LogP contribution in [0.2, 0.25) is 0 Å². The lowest BCUT2D eigenvalue weighted by molar-refractivity contribution is -0.140. The number of ether oxygens (including phenoxy) is 1. The summed E-state index contributed by atoms with van der Waals surface area (Å²) in [5.74, 6) is -0.634. The predicted octanol–water partition coefficient (Wildman–Crippen LogP) is 2.11. The van der Waals surface area contributed by atoms with E-state index in [9.17, 15) is 9.18 Å². The molecule has 0 aliphatic rings. The molecule has 0 fully saturated rings. The standard InChI is InChI=1S/C11H14FNO2/c1-3-15-11(14)7-13-10-6-4-5-9(12)8(10)2/h4-6,13H,3,7H2,1-2H3. The zero-order valence-corrected chi connectivity index (χ0v) is 8.84. The summed E-state index contributed by atoms with van der Waals surface area (Å²) in [6.45, 7) is 3.80. The fraction of sp³-hybridized carbons (Fsp3) is 0.364. The van der Waals surface area contributed by atoms with Crippen molar-refractivity contribution >= 4 is 11.7 Å². The Morgan fingerprint density at radius 2 is 2.27 bits per heavy atom. The average Bonchev–Trinajstić information content (AvgIpc) is 2.21. The summed E-state index contributed by atoms with van der Waals surface area (Å²) in [5, 5.41) is 2.82. The van der Waals surface area contributed by atoms with Gasteiger partial charge in [-0.15, -0.1) is 0 Å². The van der Waals surface area contributed by atoms with Crippen molar-refractivity contribution in [1.82, 2.24) is 0 Å². The number of hydrogen-bond donors (Lipinski definition) is 1. The molecule has 1 rings (SSSR count). The third-order valence-corrected chi connectivity index (χ3v) is 2.00. The number of hydrogen-bond acceptors (Lipinski definition) is 3. The highest BCUT2D eigenvalue weighted by Gasteiger charge is 2.05. The summed E-state index contributed by atoms with van der Waals surface area (Å²) in [6, 6.07) is 4.69. The van der Waals surface area contributed by atoms with Gasteiger partial charge in [0.15, 0.2) is 0 Å². The van der Waals surface area contributed by atoms with Crippen LogP contribution >= 0.6 is 0 Å². The molecule has 0 radical (unpaired) electrons. The molecule has 0 atom stereocenters. The molecule has 0 spiro atoms. The molecule has 0 saturated carbocycles. The Morgan fingerprint density at radius 1 is 1.53 bits per heavy atom. The van der Waals surface area contributed by atoms with E-state index in [-0.39, 0.29) is 18.3 Å². The Kier molecular flexibility index (Phi) is 4.09. The van der Waals surface area contributed by atoms with E-state index in [0.717, 1.165) is 0 Å². The smallest absolute Gasteiger partial charge is 0.325 e. The van der Waals surface area contributed by atoms with Gasteiger partial charge < -0.3 is 10.1 Å². The van der Waals surface area contributed by atoms with Crippen molar-refractivity contribution in [1.29, 1.82) is 0 Å². The summed E-state index contributed by atoms with van der Waals surface area (Å²) >= 11 is 0. The maximum atomic E-state index is 13.1. The van der Waals surface area contributed by atoms with Gasteiger partial charge in [-0.2, -0.15) is 0 Å². The third kappa shape index (κ3) is 3.23. The molecular weight excluding hydrogens is 197 g/mol. The number of carbonyl (C=O) groups excluding carboxylic acids is 1. The van der Waals surface area contributed by atoms with E-state index in [1.807, 2.05) is 0 Å². The molecule has 0 bridgehead atoms. The minimum Gasteiger partial charge on any atom is -0.465 e. The number of halogens is 1. The van der Waals surface area contributed by atoms with Gasteiger partial charge >= 0.3 is 5.97 Å². The third-order valence-electron chi connectivity index (χ3n) is 2.00. The molecule has 3 nitrogen and oxygen atoms in total. The van der Waals surface area contributed by atoms with Gasteiger partial charge in [-0.1, -0.05) is 6.07 Å². The van der Waals surface area contributed by atoms with Crippen LogP contribution in [0.3, 0.4) is 0 Å². The first-order valence-corrected chi connectivity index (χ1v) is 4.79.